The van der Waals surface area contributed by atoms with E-state index in [1.54, 1.807) is 23.5 Å². The molecule has 0 aliphatic carbocycles. The zero-order valence-electron chi connectivity index (χ0n) is 18.0. The first-order valence-corrected chi connectivity index (χ1v) is 12.9. The van der Waals surface area contributed by atoms with Crippen molar-refractivity contribution in [2.24, 2.45) is 11.8 Å². The maximum atomic E-state index is 13.0. The summed E-state index contributed by atoms with van der Waals surface area (Å²) in [5, 5.41) is 3.66. The number of rotatable bonds is 5. The minimum atomic E-state index is -3.60. The van der Waals surface area contributed by atoms with Gasteiger partial charge in [0.05, 0.1) is 21.7 Å². The van der Waals surface area contributed by atoms with Gasteiger partial charge in [-0.1, -0.05) is 36.8 Å². The zero-order chi connectivity index (χ0) is 23.0. The molecule has 10 heteroatoms. The van der Waals surface area contributed by atoms with Crippen LogP contribution in [0, 0.1) is 11.8 Å². The van der Waals surface area contributed by atoms with E-state index in [4.69, 9.17) is 16.3 Å². The van der Waals surface area contributed by atoms with E-state index >= 15 is 0 Å². The number of anilines is 1. The van der Waals surface area contributed by atoms with Crippen molar-refractivity contribution in [3.63, 3.8) is 0 Å². The maximum absolute atomic E-state index is 13.0. The highest BCUT2D eigenvalue weighted by Crippen LogP contribution is 2.37. The van der Waals surface area contributed by atoms with Gasteiger partial charge in [-0.15, -0.1) is 0 Å². The van der Waals surface area contributed by atoms with Gasteiger partial charge in [0.1, 0.15) is 11.3 Å². The van der Waals surface area contributed by atoms with Crippen LogP contribution in [0.4, 0.5) is 5.13 Å². The van der Waals surface area contributed by atoms with Gasteiger partial charge in [0.2, 0.25) is 10.0 Å². The molecule has 1 fully saturated rings. The summed E-state index contributed by atoms with van der Waals surface area (Å²) in [4.78, 5) is 17.3. The van der Waals surface area contributed by atoms with Gasteiger partial charge < -0.3 is 4.74 Å². The van der Waals surface area contributed by atoms with Crippen LogP contribution in [0.1, 0.15) is 30.6 Å². The van der Waals surface area contributed by atoms with Crippen LogP contribution in [-0.2, 0) is 10.0 Å². The van der Waals surface area contributed by atoms with Gasteiger partial charge in [0.15, 0.2) is 5.13 Å². The molecule has 1 amide bonds. The summed E-state index contributed by atoms with van der Waals surface area (Å²) in [7, 11) is -2.05. The van der Waals surface area contributed by atoms with Crippen molar-refractivity contribution in [1.82, 2.24) is 9.29 Å². The van der Waals surface area contributed by atoms with Gasteiger partial charge in [-0.3, -0.25) is 10.1 Å². The Morgan fingerprint density at radius 1 is 1.16 bits per heavy atom. The first-order chi connectivity index (χ1) is 15.2. The number of nitrogens with one attached hydrogen (secondary N) is 1. The topological polar surface area (TPSA) is 88.6 Å². The number of carbonyl (C=O) groups excluding carboxylic acids is 1. The summed E-state index contributed by atoms with van der Waals surface area (Å²) in [5.74, 6) is 0.819. The van der Waals surface area contributed by atoms with Gasteiger partial charge in [0, 0.05) is 18.7 Å². The highest BCUT2D eigenvalue weighted by molar-refractivity contribution is 7.89. The number of aromatic nitrogens is 1. The second kappa shape index (κ2) is 8.97. The van der Waals surface area contributed by atoms with E-state index in [0.29, 0.717) is 56.6 Å². The largest absolute Gasteiger partial charge is 0.494 e. The molecule has 2 aromatic carbocycles. The number of hydrogen-bond acceptors (Lipinski definition) is 6. The molecule has 7 nitrogen and oxygen atoms in total. The second-order valence-corrected chi connectivity index (χ2v) is 11.5. The summed E-state index contributed by atoms with van der Waals surface area (Å²) in [6.07, 6.45) is 1.02. The van der Waals surface area contributed by atoms with Crippen LogP contribution in [0.2, 0.25) is 5.02 Å². The van der Waals surface area contributed by atoms with Crippen molar-refractivity contribution in [3.05, 3.63) is 47.0 Å². The van der Waals surface area contributed by atoms with E-state index in [2.05, 4.69) is 24.1 Å². The number of fused-ring (bicyclic) bond motifs is 1. The van der Waals surface area contributed by atoms with Crippen molar-refractivity contribution in [2.45, 2.75) is 25.2 Å². The number of nitrogens with zero attached hydrogens (tertiary/aromatic N) is 2. The van der Waals surface area contributed by atoms with E-state index in [1.807, 2.05) is 0 Å². The summed E-state index contributed by atoms with van der Waals surface area (Å²) < 4.78 is 33.6. The number of sulfonamides is 1. The molecule has 0 unspecified atom stereocenters. The third kappa shape index (κ3) is 4.47. The van der Waals surface area contributed by atoms with Crippen LogP contribution in [0.15, 0.2) is 41.3 Å². The molecule has 0 saturated carbocycles. The minimum absolute atomic E-state index is 0.187. The molecule has 4 rings (SSSR count). The summed E-state index contributed by atoms with van der Waals surface area (Å²) >= 11 is 7.48. The fraction of sp³-hybridized carbons (Fsp3) is 0.364. The number of amides is 1. The second-order valence-electron chi connectivity index (χ2n) is 8.19. The Morgan fingerprint density at radius 3 is 2.44 bits per heavy atom. The van der Waals surface area contributed by atoms with Gasteiger partial charge in [-0.2, -0.15) is 4.31 Å². The molecule has 1 aliphatic heterocycles. The lowest BCUT2D eigenvalue weighted by Crippen LogP contribution is -2.42. The smallest absolute Gasteiger partial charge is 0.257 e. The Morgan fingerprint density at radius 2 is 1.81 bits per heavy atom. The van der Waals surface area contributed by atoms with Gasteiger partial charge in [-0.05, 0) is 54.7 Å². The third-order valence-electron chi connectivity index (χ3n) is 5.49. The molecule has 1 aliphatic rings. The monoisotopic (exact) mass is 493 g/mol. The lowest BCUT2D eigenvalue weighted by atomic mass is 9.94. The average molecular weight is 494 g/mol. The lowest BCUT2D eigenvalue weighted by molar-refractivity contribution is 0.102. The van der Waals surface area contributed by atoms with Crippen LogP contribution >= 0.6 is 22.9 Å². The van der Waals surface area contributed by atoms with Crippen LogP contribution in [-0.4, -0.2) is 43.8 Å². The van der Waals surface area contributed by atoms with Crippen molar-refractivity contribution >= 4 is 54.2 Å². The van der Waals surface area contributed by atoms with E-state index in [1.165, 1.54) is 35.6 Å². The van der Waals surface area contributed by atoms with E-state index in [9.17, 15) is 13.2 Å². The van der Waals surface area contributed by atoms with Gasteiger partial charge in [0.25, 0.3) is 5.91 Å². The number of halogens is 1. The lowest BCUT2D eigenvalue weighted by Gasteiger charge is -2.34. The molecule has 1 saturated heterocycles. The molecule has 0 spiro atoms. The third-order valence-corrected chi connectivity index (χ3v) is 8.77. The number of hydrogen-bond donors (Lipinski definition) is 1. The SMILES string of the molecule is COc1ccc(Cl)c2sc(NC(=O)c3ccc(S(=O)(=O)N4C[C@@H](C)C[C@H](C)C4)cc3)nc12. The predicted octanol–water partition coefficient (Wildman–Crippen LogP) is 4.88. The van der Waals surface area contributed by atoms with Crippen molar-refractivity contribution < 1.29 is 17.9 Å². The molecular weight excluding hydrogens is 470 g/mol. The molecule has 3 aromatic rings. The molecule has 2 heterocycles. The van der Waals surface area contributed by atoms with Gasteiger partial charge in [-0.25, -0.2) is 13.4 Å². The molecule has 1 aromatic heterocycles. The standard InChI is InChI=1S/C22H24ClN3O4S2/c1-13-10-14(2)12-26(11-13)32(28,29)16-6-4-15(5-7-16)21(27)25-22-24-19-18(30-3)9-8-17(23)20(19)31-22/h4-9,13-14H,10-12H2,1-3H3,(H,24,25,27)/t13-,14-/m0/s1. The highest BCUT2D eigenvalue weighted by atomic mass is 35.5. The molecule has 0 bridgehead atoms. The number of ether oxygens (including phenoxy) is 1. The Labute approximate surface area is 196 Å². The quantitative estimate of drug-likeness (QED) is 0.547. The summed E-state index contributed by atoms with van der Waals surface area (Å²) in [6.45, 7) is 5.16. The Bertz CT molecular complexity index is 1250. The molecule has 0 radical (unpaired) electrons. The van der Waals surface area contributed by atoms with Crippen LogP contribution < -0.4 is 10.1 Å². The van der Waals surface area contributed by atoms with E-state index in [0.717, 1.165) is 6.42 Å². The fourth-order valence-electron chi connectivity index (χ4n) is 4.07. The average Bonchev–Trinajstić information content (AvgIpc) is 3.18. The molecular formula is C22H24ClN3O4S2. The van der Waals surface area contributed by atoms with Gasteiger partial charge >= 0.3 is 0 Å². The van der Waals surface area contributed by atoms with E-state index in [-0.39, 0.29) is 10.8 Å². The number of carbonyl (C=O) groups is 1. The zero-order valence-corrected chi connectivity index (χ0v) is 20.4. The molecule has 2 atom stereocenters. The molecule has 170 valence electrons. The maximum Gasteiger partial charge on any atom is 0.257 e. The van der Waals surface area contributed by atoms with Crippen LogP contribution in [0.5, 0.6) is 5.75 Å². The number of methoxy groups -OCH3 is 1. The highest BCUT2D eigenvalue weighted by Gasteiger charge is 2.31. The van der Waals surface area contributed by atoms with Crippen LogP contribution in [0.3, 0.4) is 0 Å². The Kier molecular flexibility index (Phi) is 6.44. The molecule has 1 N–H and O–H groups in total. The fourth-order valence-corrected chi connectivity index (χ4v) is 6.90. The van der Waals surface area contributed by atoms with Crippen molar-refractivity contribution in [2.75, 3.05) is 25.5 Å². The van der Waals surface area contributed by atoms with Crippen LogP contribution in [0.25, 0.3) is 10.2 Å². The summed E-state index contributed by atoms with van der Waals surface area (Å²) in [5.41, 5.74) is 0.911. The number of benzene rings is 2. The first kappa shape index (κ1) is 23.0. The van der Waals surface area contributed by atoms with E-state index < -0.39 is 10.0 Å². The first-order valence-electron chi connectivity index (χ1n) is 10.2. The Hall–Kier alpha value is -2.20. The van der Waals surface area contributed by atoms with Crippen molar-refractivity contribution in [1.29, 1.82) is 0 Å². The predicted molar refractivity (Wildman–Crippen MR) is 127 cm³/mol. The number of piperidine rings is 1. The minimum Gasteiger partial charge on any atom is -0.494 e. The number of thiazole rings is 1. The molecule has 32 heavy (non-hydrogen) atoms. The Balaban J connectivity index is 1.52. The normalized spacial score (nSPS) is 19.8. The summed E-state index contributed by atoms with van der Waals surface area (Å²) in [6, 6.07) is 9.42. The van der Waals surface area contributed by atoms with Crippen molar-refractivity contribution in [3.8, 4) is 5.75 Å².